The maximum atomic E-state index is 11.8. The van der Waals surface area contributed by atoms with Crippen LogP contribution in [0.3, 0.4) is 0 Å². The van der Waals surface area contributed by atoms with Crippen molar-refractivity contribution in [2.75, 3.05) is 0 Å². The van der Waals surface area contributed by atoms with Crippen LogP contribution in [-0.2, 0) is 20.4 Å². The molecule has 1 amide bonds. The number of hydrogen-bond acceptors (Lipinski definition) is 2. The van der Waals surface area contributed by atoms with Crippen molar-refractivity contribution in [1.82, 2.24) is 10.3 Å². The molecule has 0 saturated carbocycles. The predicted octanol–water partition coefficient (Wildman–Crippen LogP) is 2.23. The van der Waals surface area contributed by atoms with Crippen LogP contribution in [0, 0.1) is 13.1 Å². The minimum absolute atomic E-state index is 0. The Hall–Kier alpha value is -0.978. The molecule has 1 aromatic rings. The van der Waals surface area contributed by atoms with Gasteiger partial charge in [0, 0.05) is 26.1 Å². The van der Waals surface area contributed by atoms with Gasteiger partial charge in [-0.25, -0.2) is 0 Å². The van der Waals surface area contributed by atoms with E-state index in [1.165, 1.54) is 0 Å². The fraction of sp³-hybridized carbons (Fsp3) is 0.333. The van der Waals surface area contributed by atoms with E-state index in [1.54, 1.807) is 12.3 Å². The summed E-state index contributed by atoms with van der Waals surface area (Å²) >= 11 is 0. The monoisotopic (exact) mass is 390 g/mol. The van der Waals surface area contributed by atoms with Gasteiger partial charge in [0.2, 0.25) is 0 Å². The van der Waals surface area contributed by atoms with E-state index in [1.807, 2.05) is 26.8 Å². The zero-order valence-corrected chi connectivity index (χ0v) is 12.4. The first-order valence-corrected chi connectivity index (χ1v) is 4.96. The second kappa shape index (κ2) is 7.32. The molecule has 0 bridgehead atoms. The van der Waals surface area contributed by atoms with Gasteiger partial charge in [-0.2, -0.15) is 0 Å². The smallest absolute Gasteiger partial charge is 0.199 e. The van der Waals surface area contributed by atoms with Crippen LogP contribution in [0.25, 0.3) is 0 Å². The zero-order chi connectivity index (χ0) is 11.3. The summed E-state index contributed by atoms with van der Waals surface area (Å²) in [6, 6.07) is 1.60. The molecule has 0 fully saturated rings. The Kier molecular flexibility index (Phi) is 6.87. The van der Waals surface area contributed by atoms with Crippen LogP contribution in [-0.4, -0.2) is 10.9 Å². The van der Waals surface area contributed by atoms with E-state index in [9.17, 15) is 4.79 Å². The number of carbonyl (C=O) groups excluding carboxylic acids is 1. The molecule has 0 aliphatic carbocycles. The Bertz CT molecular complexity index is 388. The first-order valence-electron chi connectivity index (χ1n) is 4.96. The van der Waals surface area contributed by atoms with Crippen molar-refractivity contribution in [1.29, 1.82) is 0 Å². The maximum Gasteiger partial charge on any atom is 0.199 e. The molecule has 1 radical (unpaired) electrons. The predicted molar refractivity (Wildman–Crippen MR) is 59.3 cm³/mol. The molecule has 3 nitrogen and oxygen atoms in total. The van der Waals surface area contributed by atoms with E-state index in [-0.39, 0.29) is 26.3 Å². The SMILES string of the molecule is CC/C=C(\C)NC(=O)c1c[c-]ncc1C.[Re]. The summed E-state index contributed by atoms with van der Waals surface area (Å²) in [6.07, 6.45) is 7.17. The summed E-state index contributed by atoms with van der Waals surface area (Å²) < 4.78 is 0. The van der Waals surface area contributed by atoms with Crippen LogP contribution in [0.2, 0.25) is 0 Å². The Morgan fingerprint density at radius 1 is 1.62 bits per heavy atom. The molecule has 0 spiro atoms. The topological polar surface area (TPSA) is 42.0 Å². The zero-order valence-electron chi connectivity index (χ0n) is 9.67. The molecule has 0 aromatic carbocycles. The fourth-order valence-electron chi connectivity index (χ4n) is 1.27. The molecule has 0 aliphatic heterocycles. The molecule has 16 heavy (non-hydrogen) atoms. The van der Waals surface area contributed by atoms with Crippen LogP contribution in [0.15, 0.2) is 24.0 Å². The first kappa shape index (κ1) is 15.0. The van der Waals surface area contributed by atoms with E-state index in [4.69, 9.17) is 0 Å². The van der Waals surface area contributed by atoms with Crippen LogP contribution in [0.4, 0.5) is 0 Å². The number of nitrogens with zero attached hydrogens (tertiary/aromatic N) is 1. The van der Waals surface area contributed by atoms with Crippen molar-refractivity contribution in [3.63, 3.8) is 0 Å². The molecule has 0 saturated heterocycles. The van der Waals surface area contributed by atoms with Crippen molar-refractivity contribution in [3.05, 3.63) is 41.4 Å². The molecular formula is C12H15N2ORe-. The minimum atomic E-state index is -0.103. The Labute approximate surface area is 110 Å². The number of carbonyl (C=O) groups is 1. The van der Waals surface area contributed by atoms with Gasteiger partial charge in [0.1, 0.15) is 0 Å². The average Bonchev–Trinajstić information content (AvgIpc) is 2.18. The fourth-order valence-corrected chi connectivity index (χ4v) is 1.27. The van der Waals surface area contributed by atoms with Gasteiger partial charge in [0.25, 0.3) is 0 Å². The van der Waals surface area contributed by atoms with Gasteiger partial charge >= 0.3 is 0 Å². The quantitative estimate of drug-likeness (QED) is 0.806. The molecule has 87 valence electrons. The second-order valence-electron chi connectivity index (χ2n) is 3.38. The van der Waals surface area contributed by atoms with E-state index in [0.717, 1.165) is 17.7 Å². The Morgan fingerprint density at radius 3 is 2.88 bits per heavy atom. The molecule has 1 N–H and O–H groups in total. The van der Waals surface area contributed by atoms with Crippen LogP contribution in [0.1, 0.15) is 36.2 Å². The van der Waals surface area contributed by atoms with Crippen molar-refractivity contribution < 1.29 is 25.2 Å². The summed E-state index contributed by atoms with van der Waals surface area (Å²) in [6.45, 7) is 5.76. The molecule has 1 aromatic heterocycles. The van der Waals surface area contributed by atoms with E-state index in [2.05, 4.69) is 16.5 Å². The molecule has 4 heteroatoms. The third-order valence-corrected chi connectivity index (χ3v) is 2.03. The number of aromatic nitrogens is 1. The number of pyridine rings is 1. The van der Waals surface area contributed by atoms with Crippen molar-refractivity contribution in [3.8, 4) is 0 Å². The van der Waals surface area contributed by atoms with E-state index in [0.29, 0.717) is 5.56 Å². The maximum absolute atomic E-state index is 11.8. The minimum Gasteiger partial charge on any atom is -0.394 e. The van der Waals surface area contributed by atoms with E-state index >= 15 is 0 Å². The van der Waals surface area contributed by atoms with Gasteiger partial charge < -0.3 is 10.3 Å². The van der Waals surface area contributed by atoms with Crippen LogP contribution < -0.4 is 5.32 Å². The van der Waals surface area contributed by atoms with Crippen molar-refractivity contribution >= 4 is 5.91 Å². The van der Waals surface area contributed by atoms with Crippen LogP contribution in [0.5, 0.6) is 0 Å². The molecular weight excluding hydrogens is 374 g/mol. The van der Waals surface area contributed by atoms with E-state index < -0.39 is 0 Å². The second-order valence-corrected chi connectivity index (χ2v) is 3.38. The average molecular weight is 389 g/mol. The third-order valence-electron chi connectivity index (χ3n) is 2.03. The summed E-state index contributed by atoms with van der Waals surface area (Å²) in [5.41, 5.74) is 2.35. The van der Waals surface area contributed by atoms with Crippen molar-refractivity contribution in [2.24, 2.45) is 0 Å². The molecule has 0 aliphatic rings. The summed E-state index contributed by atoms with van der Waals surface area (Å²) in [7, 11) is 0. The third kappa shape index (κ3) is 4.26. The Morgan fingerprint density at radius 2 is 2.31 bits per heavy atom. The van der Waals surface area contributed by atoms with Crippen LogP contribution >= 0.6 is 0 Å². The number of aryl methyl sites for hydroxylation is 1. The van der Waals surface area contributed by atoms with Crippen molar-refractivity contribution in [2.45, 2.75) is 27.2 Å². The summed E-state index contributed by atoms with van der Waals surface area (Å²) in [4.78, 5) is 15.6. The van der Waals surface area contributed by atoms with Gasteiger partial charge in [-0.3, -0.25) is 4.79 Å². The summed E-state index contributed by atoms with van der Waals surface area (Å²) in [5.74, 6) is -0.103. The molecule has 1 heterocycles. The van der Waals surface area contributed by atoms with Gasteiger partial charge in [-0.05, 0) is 13.3 Å². The normalized spacial score (nSPS) is 10.6. The number of allylic oxidation sites excluding steroid dienone is 2. The van der Waals surface area contributed by atoms with Gasteiger partial charge in [0.05, 0.1) is 0 Å². The first-order chi connectivity index (χ1) is 7.15. The molecule has 1 rings (SSSR count). The number of hydrogen-bond donors (Lipinski definition) is 1. The van der Waals surface area contributed by atoms with Gasteiger partial charge in [0.15, 0.2) is 5.91 Å². The largest absolute Gasteiger partial charge is 0.394 e. The molecule has 0 unspecified atom stereocenters. The standard InChI is InChI=1S/C12H15N2O.Re/c1-4-5-10(3)14-12(15)11-6-7-13-8-9(11)2;/h5-6,8H,4H2,1-3H3,(H,14,15);/q-1;/b10-5+;. The Balaban J connectivity index is 0.00000225. The molecule has 0 atom stereocenters. The van der Waals surface area contributed by atoms with Gasteiger partial charge in [-0.15, -0.1) is 11.6 Å². The number of rotatable bonds is 3. The number of nitrogens with one attached hydrogen (secondary N) is 1. The van der Waals surface area contributed by atoms with Gasteiger partial charge in [-0.1, -0.05) is 37.9 Å². The number of amides is 1. The summed E-state index contributed by atoms with van der Waals surface area (Å²) in [5, 5.41) is 2.81.